The molecule has 0 atom stereocenters. The first kappa shape index (κ1) is 13.2. The molecule has 3 aromatic rings. The van der Waals surface area contributed by atoms with Crippen LogP contribution >= 0.6 is 0 Å². The van der Waals surface area contributed by atoms with Gasteiger partial charge >= 0.3 is 0 Å². The van der Waals surface area contributed by atoms with E-state index in [1.54, 1.807) is 0 Å². The van der Waals surface area contributed by atoms with Gasteiger partial charge in [-0.3, -0.25) is 4.79 Å². The normalized spacial score (nSPS) is 10.8. The average Bonchev–Trinajstić information content (AvgIpc) is 2.88. The Kier molecular flexibility index (Phi) is 3.14. The van der Waals surface area contributed by atoms with Gasteiger partial charge in [-0.2, -0.15) is 0 Å². The third-order valence-corrected chi connectivity index (χ3v) is 3.57. The SMILES string of the molecule is Cc1ccc(C)c(NC(=O)c2cc3cccc(N)c3[nH]2)c1. The minimum Gasteiger partial charge on any atom is -0.397 e. The van der Waals surface area contributed by atoms with Crippen LogP contribution in [-0.4, -0.2) is 10.9 Å². The molecule has 4 nitrogen and oxygen atoms in total. The van der Waals surface area contributed by atoms with Crippen LogP contribution in [0, 0.1) is 13.8 Å². The topological polar surface area (TPSA) is 70.9 Å². The second-order valence-corrected chi connectivity index (χ2v) is 5.27. The Morgan fingerprint density at radius 1 is 1.14 bits per heavy atom. The van der Waals surface area contributed by atoms with Crippen LogP contribution in [0.3, 0.4) is 0 Å². The molecule has 0 aliphatic carbocycles. The predicted octanol–water partition coefficient (Wildman–Crippen LogP) is 3.62. The van der Waals surface area contributed by atoms with E-state index in [0.717, 1.165) is 27.7 Å². The van der Waals surface area contributed by atoms with Crippen LogP contribution in [0.25, 0.3) is 10.9 Å². The molecule has 0 aliphatic rings. The van der Waals surface area contributed by atoms with Crippen LogP contribution < -0.4 is 11.1 Å². The van der Waals surface area contributed by atoms with Gasteiger partial charge in [-0.15, -0.1) is 0 Å². The maximum atomic E-state index is 12.4. The number of nitrogens with two attached hydrogens (primary N) is 1. The first-order chi connectivity index (χ1) is 10.0. The highest BCUT2D eigenvalue weighted by molar-refractivity contribution is 6.07. The summed E-state index contributed by atoms with van der Waals surface area (Å²) in [4.78, 5) is 15.5. The van der Waals surface area contributed by atoms with E-state index in [1.165, 1.54) is 0 Å². The Morgan fingerprint density at radius 3 is 2.71 bits per heavy atom. The number of anilines is 2. The summed E-state index contributed by atoms with van der Waals surface area (Å²) in [6, 6.07) is 13.4. The van der Waals surface area contributed by atoms with Gasteiger partial charge in [0.2, 0.25) is 0 Å². The summed E-state index contributed by atoms with van der Waals surface area (Å²) < 4.78 is 0. The Hall–Kier alpha value is -2.75. The largest absolute Gasteiger partial charge is 0.397 e. The summed E-state index contributed by atoms with van der Waals surface area (Å²) in [5, 5.41) is 3.87. The highest BCUT2D eigenvalue weighted by atomic mass is 16.1. The lowest BCUT2D eigenvalue weighted by Crippen LogP contribution is -2.13. The molecule has 0 fully saturated rings. The summed E-state index contributed by atoms with van der Waals surface area (Å²) >= 11 is 0. The van der Waals surface area contributed by atoms with E-state index < -0.39 is 0 Å². The number of rotatable bonds is 2. The van der Waals surface area contributed by atoms with E-state index >= 15 is 0 Å². The lowest BCUT2D eigenvalue weighted by Gasteiger charge is -2.08. The number of aromatic nitrogens is 1. The van der Waals surface area contributed by atoms with Crippen molar-refractivity contribution < 1.29 is 4.79 Å². The van der Waals surface area contributed by atoms with Crippen LogP contribution in [0.5, 0.6) is 0 Å². The number of aromatic amines is 1. The summed E-state index contributed by atoms with van der Waals surface area (Å²) in [7, 11) is 0. The van der Waals surface area contributed by atoms with Crippen molar-refractivity contribution in [3.8, 4) is 0 Å². The molecule has 106 valence electrons. The molecule has 1 amide bonds. The maximum absolute atomic E-state index is 12.4. The highest BCUT2D eigenvalue weighted by Crippen LogP contribution is 2.22. The molecule has 21 heavy (non-hydrogen) atoms. The first-order valence-corrected chi connectivity index (χ1v) is 6.80. The van der Waals surface area contributed by atoms with Crippen molar-refractivity contribution in [2.75, 3.05) is 11.1 Å². The second kappa shape index (κ2) is 4.98. The molecule has 1 heterocycles. The molecule has 0 radical (unpaired) electrons. The van der Waals surface area contributed by atoms with Crippen LogP contribution in [-0.2, 0) is 0 Å². The van der Waals surface area contributed by atoms with Crippen LogP contribution in [0.4, 0.5) is 11.4 Å². The molecule has 3 rings (SSSR count). The van der Waals surface area contributed by atoms with Gasteiger partial charge in [0.15, 0.2) is 0 Å². The Morgan fingerprint density at radius 2 is 1.95 bits per heavy atom. The molecule has 2 aromatic carbocycles. The lowest BCUT2D eigenvalue weighted by molar-refractivity contribution is 0.102. The highest BCUT2D eigenvalue weighted by Gasteiger charge is 2.12. The molecule has 4 heteroatoms. The van der Waals surface area contributed by atoms with Gasteiger partial charge in [-0.1, -0.05) is 24.3 Å². The van der Waals surface area contributed by atoms with Gasteiger partial charge in [0.25, 0.3) is 5.91 Å². The van der Waals surface area contributed by atoms with Crippen molar-refractivity contribution in [3.63, 3.8) is 0 Å². The molecule has 0 bridgehead atoms. The Bertz CT molecular complexity index is 833. The predicted molar refractivity (Wildman–Crippen MR) is 86.6 cm³/mol. The van der Waals surface area contributed by atoms with Gasteiger partial charge in [0.1, 0.15) is 5.69 Å². The zero-order chi connectivity index (χ0) is 15.0. The van der Waals surface area contributed by atoms with Crippen LogP contribution in [0.2, 0.25) is 0 Å². The number of hydrogen-bond acceptors (Lipinski definition) is 2. The zero-order valence-electron chi connectivity index (χ0n) is 12.0. The molecular formula is C17H17N3O. The lowest BCUT2D eigenvalue weighted by atomic mass is 10.1. The minimum absolute atomic E-state index is 0.167. The molecule has 0 aliphatic heterocycles. The van der Waals surface area contributed by atoms with E-state index in [0.29, 0.717) is 11.4 Å². The van der Waals surface area contributed by atoms with Crippen molar-refractivity contribution >= 4 is 28.2 Å². The van der Waals surface area contributed by atoms with Crippen molar-refractivity contribution in [3.05, 3.63) is 59.3 Å². The van der Waals surface area contributed by atoms with Crippen molar-refractivity contribution in [2.45, 2.75) is 13.8 Å². The fourth-order valence-corrected chi connectivity index (χ4v) is 2.36. The van der Waals surface area contributed by atoms with Gasteiger partial charge < -0.3 is 16.0 Å². The fourth-order valence-electron chi connectivity index (χ4n) is 2.36. The number of nitrogen functional groups attached to an aromatic ring is 1. The number of para-hydroxylation sites is 1. The van der Waals surface area contributed by atoms with E-state index in [1.807, 2.05) is 56.3 Å². The molecule has 0 spiro atoms. The number of nitrogens with one attached hydrogen (secondary N) is 2. The van der Waals surface area contributed by atoms with Gasteiger partial charge in [-0.25, -0.2) is 0 Å². The van der Waals surface area contributed by atoms with E-state index in [9.17, 15) is 4.79 Å². The number of carbonyl (C=O) groups excluding carboxylic acids is 1. The van der Waals surface area contributed by atoms with E-state index in [-0.39, 0.29) is 5.91 Å². The van der Waals surface area contributed by atoms with Crippen LogP contribution in [0.15, 0.2) is 42.5 Å². The zero-order valence-corrected chi connectivity index (χ0v) is 12.0. The molecule has 1 aromatic heterocycles. The van der Waals surface area contributed by atoms with Crippen molar-refractivity contribution in [1.82, 2.24) is 4.98 Å². The van der Waals surface area contributed by atoms with Gasteiger partial charge in [-0.05, 0) is 43.2 Å². The van der Waals surface area contributed by atoms with Crippen molar-refractivity contribution in [1.29, 1.82) is 0 Å². The second-order valence-electron chi connectivity index (χ2n) is 5.27. The number of H-pyrrole nitrogens is 1. The number of amides is 1. The molecule has 0 saturated heterocycles. The van der Waals surface area contributed by atoms with Crippen LogP contribution in [0.1, 0.15) is 21.6 Å². The number of carbonyl (C=O) groups is 1. The third-order valence-electron chi connectivity index (χ3n) is 3.57. The summed E-state index contributed by atoms with van der Waals surface area (Å²) in [6.45, 7) is 3.97. The third kappa shape index (κ3) is 2.48. The summed E-state index contributed by atoms with van der Waals surface area (Å²) in [5.74, 6) is -0.167. The molecular weight excluding hydrogens is 262 g/mol. The number of aryl methyl sites for hydroxylation is 2. The number of hydrogen-bond donors (Lipinski definition) is 3. The maximum Gasteiger partial charge on any atom is 0.272 e. The Balaban J connectivity index is 1.93. The Labute approximate surface area is 123 Å². The van der Waals surface area contributed by atoms with Gasteiger partial charge in [0, 0.05) is 11.1 Å². The first-order valence-electron chi connectivity index (χ1n) is 6.80. The van der Waals surface area contributed by atoms with E-state index in [2.05, 4.69) is 10.3 Å². The summed E-state index contributed by atoms with van der Waals surface area (Å²) in [6.07, 6.45) is 0. The van der Waals surface area contributed by atoms with Gasteiger partial charge in [0.05, 0.1) is 11.2 Å². The van der Waals surface area contributed by atoms with E-state index in [4.69, 9.17) is 5.73 Å². The monoisotopic (exact) mass is 279 g/mol. The molecule has 0 unspecified atom stereocenters. The quantitative estimate of drug-likeness (QED) is 0.627. The molecule has 4 N–H and O–H groups in total. The minimum atomic E-state index is -0.167. The number of fused-ring (bicyclic) bond motifs is 1. The van der Waals surface area contributed by atoms with Crippen molar-refractivity contribution in [2.24, 2.45) is 0 Å². The molecule has 0 saturated carbocycles. The number of benzene rings is 2. The summed E-state index contributed by atoms with van der Waals surface area (Å²) in [5.41, 5.74) is 10.8. The fraction of sp³-hybridized carbons (Fsp3) is 0.118. The standard InChI is InChI=1S/C17H17N3O/c1-10-6-7-11(2)14(8-10)20-17(21)15-9-12-4-3-5-13(18)16(12)19-15/h3-9,19H,18H2,1-2H3,(H,20,21). The smallest absolute Gasteiger partial charge is 0.272 e. The average molecular weight is 279 g/mol.